The van der Waals surface area contributed by atoms with Gasteiger partial charge in [0, 0.05) is 0 Å². The van der Waals surface area contributed by atoms with Crippen molar-refractivity contribution in [1.82, 2.24) is 0 Å². The van der Waals surface area contributed by atoms with E-state index in [0.29, 0.717) is 0 Å². The molecule has 4 aromatic rings. The first-order chi connectivity index (χ1) is 10.9. The highest BCUT2D eigenvalue weighted by Gasteiger charge is 2.11. The molecule has 22 heavy (non-hydrogen) atoms. The molecule has 0 saturated heterocycles. The fraction of sp³-hybridized carbons (Fsp3) is 0. The molecular weight excluding hydrogens is 264 g/mol. The number of hydrogen-bond acceptors (Lipinski definition) is 0. The molecule has 4 rings (SSSR count). The summed E-state index contributed by atoms with van der Waals surface area (Å²) in [7, 11) is 0. The van der Waals surface area contributed by atoms with Crippen molar-refractivity contribution >= 4 is 10.8 Å². The Bertz CT molecular complexity index is 906. The summed E-state index contributed by atoms with van der Waals surface area (Å²) in [5.74, 6) is 0. The van der Waals surface area contributed by atoms with Crippen LogP contribution in [0.15, 0.2) is 91.0 Å². The van der Waals surface area contributed by atoms with Crippen LogP contribution in [0.25, 0.3) is 33.0 Å². The highest BCUT2D eigenvalue weighted by atomic mass is 14.1. The Labute approximate surface area is 130 Å². The number of fused-ring (bicyclic) bond motifs is 1. The lowest BCUT2D eigenvalue weighted by molar-refractivity contribution is 1.60. The van der Waals surface area contributed by atoms with Crippen molar-refractivity contribution in [3.63, 3.8) is 0 Å². The molecule has 0 N–H and O–H groups in total. The molecule has 0 amide bonds. The van der Waals surface area contributed by atoms with E-state index in [1.807, 2.05) is 12.1 Å². The summed E-state index contributed by atoms with van der Waals surface area (Å²) in [4.78, 5) is 0. The summed E-state index contributed by atoms with van der Waals surface area (Å²) in [5.41, 5.74) is 4.88. The Morgan fingerprint density at radius 3 is 2.18 bits per heavy atom. The van der Waals surface area contributed by atoms with Crippen LogP contribution in [0.1, 0.15) is 0 Å². The van der Waals surface area contributed by atoms with Gasteiger partial charge in [0.05, 0.1) is 0 Å². The second-order valence-corrected chi connectivity index (χ2v) is 5.35. The Hall–Kier alpha value is -2.86. The molecule has 103 valence electrons. The van der Waals surface area contributed by atoms with Gasteiger partial charge in [0.25, 0.3) is 0 Å². The molecule has 0 aliphatic heterocycles. The lowest BCUT2D eigenvalue weighted by atomic mass is 9.90. The second kappa shape index (κ2) is 5.50. The standard InChI is InChI=1S/C22H15/c1-3-9-17(10-4-1)21-16-15-18-11-7-8-14-20(18)22(21)19-12-5-2-6-13-19/h1-12,14-16H. The van der Waals surface area contributed by atoms with Crippen LogP contribution in [0.2, 0.25) is 0 Å². The minimum absolute atomic E-state index is 1.14. The highest BCUT2D eigenvalue weighted by molar-refractivity contribution is 6.03. The van der Waals surface area contributed by atoms with Crippen LogP contribution in [-0.2, 0) is 0 Å². The van der Waals surface area contributed by atoms with Gasteiger partial charge in [0.1, 0.15) is 0 Å². The van der Waals surface area contributed by atoms with Crippen LogP contribution in [0, 0.1) is 6.07 Å². The fourth-order valence-corrected chi connectivity index (χ4v) is 2.97. The van der Waals surface area contributed by atoms with Crippen molar-refractivity contribution in [2.24, 2.45) is 0 Å². The lowest BCUT2D eigenvalue weighted by Gasteiger charge is -2.13. The van der Waals surface area contributed by atoms with Gasteiger partial charge in [-0.15, -0.1) is 0 Å². The highest BCUT2D eigenvalue weighted by Crippen LogP contribution is 2.37. The average Bonchev–Trinajstić information content (AvgIpc) is 2.62. The van der Waals surface area contributed by atoms with Crippen LogP contribution in [0.5, 0.6) is 0 Å². The third-order valence-corrected chi connectivity index (χ3v) is 3.99. The van der Waals surface area contributed by atoms with Crippen molar-refractivity contribution in [2.75, 3.05) is 0 Å². The molecule has 4 aromatic carbocycles. The van der Waals surface area contributed by atoms with Crippen molar-refractivity contribution < 1.29 is 0 Å². The van der Waals surface area contributed by atoms with E-state index in [9.17, 15) is 0 Å². The van der Waals surface area contributed by atoms with E-state index >= 15 is 0 Å². The van der Waals surface area contributed by atoms with Crippen LogP contribution in [0.3, 0.4) is 0 Å². The first kappa shape index (κ1) is 12.8. The molecule has 0 unspecified atom stereocenters. The van der Waals surface area contributed by atoms with Gasteiger partial charge in [-0.25, -0.2) is 0 Å². The smallest absolute Gasteiger partial charge is 0.00206 e. The monoisotopic (exact) mass is 279 g/mol. The van der Waals surface area contributed by atoms with Crippen LogP contribution >= 0.6 is 0 Å². The SMILES string of the molecule is [c]1ccccc1-c1c(-c2ccccc2)ccc2ccccc12. The van der Waals surface area contributed by atoms with Crippen LogP contribution in [0.4, 0.5) is 0 Å². The largest absolute Gasteiger partial charge is 0.0622 e. The molecule has 0 spiro atoms. The maximum absolute atomic E-state index is 3.39. The maximum atomic E-state index is 3.39. The first-order valence-corrected chi connectivity index (χ1v) is 7.48. The molecule has 0 aromatic heterocycles. The van der Waals surface area contributed by atoms with Crippen molar-refractivity contribution in [2.45, 2.75) is 0 Å². The molecule has 1 radical (unpaired) electrons. The third-order valence-electron chi connectivity index (χ3n) is 3.99. The number of benzene rings is 4. The Kier molecular flexibility index (Phi) is 3.21. The van der Waals surface area contributed by atoms with E-state index in [-0.39, 0.29) is 0 Å². The summed E-state index contributed by atoms with van der Waals surface area (Å²) in [6.07, 6.45) is 0. The van der Waals surface area contributed by atoms with E-state index in [2.05, 4.69) is 84.9 Å². The number of hydrogen-bond donors (Lipinski definition) is 0. The first-order valence-electron chi connectivity index (χ1n) is 7.48. The minimum Gasteiger partial charge on any atom is -0.0622 e. The van der Waals surface area contributed by atoms with E-state index in [1.165, 1.54) is 27.5 Å². The quantitative estimate of drug-likeness (QED) is 0.424. The molecule has 0 fully saturated rings. The molecule has 0 saturated carbocycles. The second-order valence-electron chi connectivity index (χ2n) is 5.35. The zero-order valence-corrected chi connectivity index (χ0v) is 12.2. The summed E-state index contributed by atoms with van der Waals surface area (Å²) >= 11 is 0. The van der Waals surface area contributed by atoms with Crippen molar-refractivity contribution in [1.29, 1.82) is 0 Å². The molecule has 0 nitrogen and oxygen atoms in total. The molecule has 0 atom stereocenters. The Morgan fingerprint density at radius 2 is 1.36 bits per heavy atom. The summed E-state index contributed by atoms with van der Waals surface area (Å²) < 4.78 is 0. The normalized spacial score (nSPS) is 10.7. The number of rotatable bonds is 2. The van der Waals surface area contributed by atoms with Crippen LogP contribution < -0.4 is 0 Å². The van der Waals surface area contributed by atoms with Crippen molar-refractivity contribution in [3.05, 3.63) is 97.1 Å². The molecule has 0 aliphatic carbocycles. The fourth-order valence-electron chi connectivity index (χ4n) is 2.97. The van der Waals surface area contributed by atoms with Gasteiger partial charge in [0.15, 0.2) is 0 Å². The van der Waals surface area contributed by atoms with Crippen molar-refractivity contribution in [3.8, 4) is 22.3 Å². The molecule has 0 bridgehead atoms. The molecule has 0 aliphatic rings. The Balaban J connectivity index is 2.09. The summed E-state index contributed by atoms with van der Waals surface area (Å²) in [6.45, 7) is 0. The van der Waals surface area contributed by atoms with E-state index in [0.717, 1.165) is 5.56 Å². The maximum Gasteiger partial charge on any atom is -0.00206 e. The zero-order valence-electron chi connectivity index (χ0n) is 12.2. The van der Waals surface area contributed by atoms with E-state index in [4.69, 9.17) is 0 Å². The topological polar surface area (TPSA) is 0 Å². The molecule has 0 heteroatoms. The predicted octanol–water partition coefficient (Wildman–Crippen LogP) is 5.97. The average molecular weight is 279 g/mol. The van der Waals surface area contributed by atoms with Gasteiger partial charge in [-0.2, -0.15) is 0 Å². The zero-order chi connectivity index (χ0) is 14.8. The van der Waals surface area contributed by atoms with E-state index in [1.54, 1.807) is 0 Å². The van der Waals surface area contributed by atoms with Gasteiger partial charge in [0.2, 0.25) is 0 Å². The van der Waals surface area contributed by atoms with Crippen LogP contribution in [-0.4, -0.2) is 0 Å². The minimum atomic E-state index is 1.14. The van der Waals surface area contributed by atoms with Gasteiger partial charge in [-0.05, 0) is 39.1 Å². The Morgan fingerprint density at radius 1 is 0.591 bits per heavy atom. The summed E-state index contributed by atoms with van der Waals surface area (Å²) in [6, 6.07) is 35.1. The van der Waals surface area contributed by atoms with Gasteiger partial charge >= 0.3 is 0 Å². The van der Waals surface area contributed by atoms with E-state index < -0.39 is 0 Å². The van der Waals surface area contributed by atoms with Gasteiger partial charge in [-0.1, -0.05) is 91.0 Å². The molecule has 0 heterocycles. The molecular formula is C22H15. The summed E-state index contributed by atoms with van der Waals surface area (Å²) in [5, 5.41) is 2.53. The predicted molar refractivity (Wildman–Crippen MR) is 93.7 cm³/mol. The third kappa shape index (κ3) is 2.19. The van der Waals surface area contributed by atoms with Gasteiger partial charge < -0.3 is 0 Å². The van der Waals surface area contributed by atoms with Gasteiger partial charge in [-0.3, -0.25) is 0 Å². The lowest BCUT2D eigenvalue weighted by Crippen LogP contribution is -1.87.